The van der Waals surface area contributed by atoms with Crippen LogP contribution in [0.15, 0.2) is 54.6 Å². The molecule has 4 rings (SSSR count). The SMILES string of the molecule is COC(=O)C=Cc1cccc(N(CC2CCC(c3ccc(Cl)cc3)CC2)C(=O)C2CCCCC2)c1. The van der Waals surface area contributed by atoms with Gasteiger partial charge >= 0.3 is 5.97 Å². The molecule has 2 aliphatic rings. The summed E-state index contributed by atoms with van der Waals surface area (Å²) in [4.78, 5) is 27.3. The Labute approximate surface area is 214 Å². The molecule has 0 spiro atoms. The molecule has 0 aliphatic heterocycles. The molecule has 0 bridgehead atoms. The van der Waals surface area contributed by atoms with Gasteiger partial charge in [-0.15, -0.1) is 0 Å². The maximum Gasteiger partial charge on any atom is 0.330 e. The first-order chi connectivity index (χ1) is 17.0. The largest absolute Gasteiger partial charge is 0.466 e. The molecule has 2 fully saturated rings. The third kappa shape index (κ3) is 6.98. The Kier molecular flexibility index (Phi) is 9.03. The minimum Gasteiger partial charge on any atom is -0.466 e. The summed E-state index contributed by atoms with van der Waals surface area (Å²) in [5.41, 5.74) is 3.18. The summed E-state index contributed by atoms with van der Waals surface area (Å²) in [6.45, 7) is 0.757. The maximum atomic E-state index is 13.7. The fourth-order valence-electron chi connectivity index (χ4n) is 5.59. The van der Waals surface area contributed by atoms with E-state index in [0.29, 0.717) is 11.8 Å². The van der Waals surface area contributed by atoms with Crippen molar-refractivity contribution >= 4 is 35.2 Å². The Morgan fingerprint density at radius 2 is 1.69 bits per heavy atom. The number of methoxy groups -OCH3 is 1. The van der Waals surface area contributed by atoms with Crippen molar-refractivity contribution in [3.63, 3.8) is 0 Å². The number of halogens is 1. The molecule has 2 saturated carbocycles. The van der Waals surface area contributed by atoms with Crippen molar-refractivity contribution in [2.24, 2.45) is 11.8 Å². The highest BCUT2D eigenvalue weighted by molar-refractivity contribution is 6.30. The lowest BCUT2D eigenvalue weighted by atomic mass is 9.78. The molecule has 0 unspecified atom stereocenters. The van der Waals surface area contributed by atoms with Crippen LogP contribution in [0.1, 0.15) is 74.8 Å². The molecule has 0 atom stereocenters. The molecule has 2 aliphatic carbocycles. The van der Waals surface area contributed by atoms with Crippen molar-refractivity contribution in [3.8, 4) is 0 Å². The number of carbonyl (C=O) groups excluding carboxylic acids is 2. The molecule has 2 aromatic carbocycles. The van der Waals surface area contributed by atoms with Crippen molar-refractivity contribution < 1.29 is 14.3 Å². The van der Waals surface area contributed by atoms with Gasteiger partial charge in [0.05, 0.1) is 7.11 Å². The van der Waals surface area contributed by atoms with Crippen molar-refractivity contribution in [1.82, 2.24) is 0 Å². The normalized spacial score (nSPS) is 21.1. The molecule has 0 aromatic heterocycles. The minimum absolute atomic E-state index is 0.114. The minimum atomic E-state index is -0.386. The number of hydrogen-bond donors (Lipinski definition) is 0. The zero-order chi connectivity index (χ0) is 24.6. The van der Waals surface area contributed by atoms with Gasteiger partial charge in [0.2, 0.25) is 5.91 Å². The maximum absolute atomic E-state index is 13.7. The second-order valence-corrected chi connectivity index (χ2v) is 10.4. The van der Waals surface area contributed by atoms with E-state index in [1.807, 2.05) is 41.3 Å². The number of nitrogens with zero attached hydrogens (tertiary/aromatic N) is 1. The first-order valence-corrected chi connectivity index (χ1v) is 13.3. The smallest absolute Gasteiger partial charge is 0.330 e. The van der Waals surface area contributed by atoms with Gasteiger partial charge in [-0.05, 0) is 91.8 Å². The summed E-state index contributed by atoms with van der Waals surface area (Å²) >= 11 is 6.07. The van der Waals surface area contributed by atoms with Gasteiger partial charge in [-0.1, -0.05) is 55.1 Å². The standard InChI is InChI=1S/C30H36ClNO3/c1-35-29(33)19-12-22-6-5-9-28(20-22)32(30(34)26-7-3-2-4-8-26)21-23-10-13-24(14-11-23)25-15-17-27(31)18-16-25/h5-6,9,12,15-20,23-24,26H,2-4,7-8,10-11,13-14,21H2,1H3. The number of rotatable bonds is 7. The van der Waals surface area contributed by atoms with E-state index in [-0.39, 0.29) is 17.8 Å². The van der Waals surface area contributed by atoms with E-state index in [2.05, 4.69) is 12.1 Å². The van der Waals surface area contributed by atoms with Gasteiger partial charge < -0.3 is 9.64 Å². The summed E-state index contributed by atoms with van der Waals surface area (Å²) in [6, 6.07) is 16.2. The average Bonchev–Trinajstić information content (AvgIpc) is 2.91. The molecule has 186 valence electrons. The molecular formula is C30H36ClNO3. The highest BCUT2D eigenvalue weighted by atomic mass is 35.5. The van der Waals surface area contributed by atoms with Crippen LogP contribution in [0.25, 0.3) is 6.08 Å². The number of hydrogen-bond acceptors (Lipinski definition) is 3. The van der Waals surface area contributed by atoms with Gasteiger partial charge in [0.15, 0.2) is 0 Å². The molecule has 2 aromatic rings. The lowest BCUT2D eigenvalue weighted by Gasteiger charge is -2.35. The Balaban J connectivity index is 1.48. The number of anilines is 1. The molecule has 4 nitrogen and oxygen atoms in total. The van der Waals surface area contributed by atoms with Crippen LogP contribution >= 0.6 is 11.6 Å². The summed E-state index contributed by atoms with van der Waals surface area (Å²) in [5, 5.41) is 0.781. The van der Waals surface area contributed by atoms with Crippen LogP contribution in [0, 0.1) is 11.8 Å². The fourth-order valence-corrected chi connectivity index (χ4v) is 5.72. The van der Waals surface area contributed by atoms with Crippen molar-refractivity contribution in [2.75, 3.05) is 18.6 Å². The third-order valence-electron chi connectivity index (χ3n) is 7.64. The van der Waals surface area contributed by atoms with E-state index < -0.39 is 0 Å². The predicted octanol–water partition coefficient (Wildman–Crippen LogP) is 7.41. The summed E-state index contributed by atoms with van der Waals surface area (Å²) in [5.74, 6) is 1.04. The molecule has 35 heavy (non-hydrogen) atoms. The lowest BCUT2D eigenvalue weighted by molar-refractivity contribution is -0.134. The molecule has 5 heteroatoms. The number of benzene rings is 2. The first kappa shape index (κ1) is 25.5. The van der Waals surface area contributed by atoms with Gasteiger partial charge in [0.1, 0.15) is 0 Å². The Morgan fingerprint density at radius 1 is 0.971 bits per heavy atom. The Bertz CT molecular complexity index is 1020. The number of amides is 1. The Hall–Kier alpha value is -2.59. The topological polar surface area (TPSA) is 46.6 Å². The van der Waals surface area contributed by atoms with Crippen LogP contribution in [0.5, 0.6) is 0 Å². The van der Waals surface area contributed by atoms with Gasteiger partial charge in [0.25, 0.3) is 0 Å². The molecule has 1 amide bonds. The van der Waals surface area contributed by atoms with E-state index in [1.54, 1.807) is 6.08 Å². The van der Waals surface area contributed by atoms with Crippen LogP contribution in [0.3, 0.4) is 0 Å². The average molecular weight is 494 g/mol. The molecular weight excluding hydrogens is 458 g/mol. The predicted molar refractivity (Wildman–Crippen MR) is 143 cm³/mol. The second kappa shape index (κ2) is 12.4. The monoisotopic (exact) mass is 493 g/mol. The zero-order valence-electron chi connectivity index (χ0n) is 20.6. The fraction of sp³-hybridized carbons (Fsp3) is 0.467. The number of ether oxygens (including phenoxy) is 1. The van der Waals surface area contributed by atoms with Crippen LogP contribution < -0.4 is 4.90 Å². The second-order valence-electron chi connectivity index (χ2n) is 10.0. The van der Waals surface area contributed by atoms with Gasteiger partial charge in [-0.3, -0.25) is 4.79 Å². The van der Waals surface area contributed by atoms with Crippen LogP contribution in [0.2, 0.25) is 5.02 Å². The van der Waals surface area contributed by atoms with E-state index in [9.17, 15) is 9.59 Å². The summed E-state index contributed by atoms with van der Waals surface area (Å²) in [7, 11) is 1.37. The van der Waals surface area contributed by atoms with Gasteiger partial charge in [-0.2, -0.15) is 0 Å². The molecule has 0 N–H and O–H groups in total. The Morgan fingerprint density at radius 3 is 2.37 bits per heavy atom. The highest BCUT2D eigenvalue weighted by Crippen LogP contribution is 2.38. The van der Waals surface area contributed by atoms with E-state index in [4.69, 9.17) is 16.3 Å². The number of carbonyl (C=O) groups is 2. The van der Waals surface area contributed by atoms with Gasteiger partial charge in [-0.25, -0.2) is 4.79 Å². The van der Waals surface area contributed by atoms with Crippen molar-refractivity contribution in [3.05, 3.63) is 70.8 Å². The lowest BCUT2D eigenvalue weighted by Crippen LogP contribution is -2.41. The van der Waals surface area contributed by atoms with Crippen LogP contribution in [-0.4, -0.2) is 25.5 Å². The van der Waals surface area contributed by atoms with E-state index in [1.165, 1.54) is 25.2 Å². The summed E-state index contributed by atoms with van der Waals surface area (Å²) in [6.07, 6.45) is 13.2. The highest BCUT2D eigenvalue weighted by Gasteiger charge is 2.30. The first-order valence-electron chi connectivity index (χ1n) is 13.0. The molecule has 0 saturated heterocycles. The molecule has 0 radical (unpaired) electrons. The van der Waals surface area contributed by atoms with E-state index in [0.717, 1.165) is 74.2 Å². The quantitative estimate of drug-likeness (QED) is 0.298. The van der Waals surface area contributed by atoms with Crippen molar-refractivity contribution in [2.45, 2.75) is 63.7 Å². The van der Waals surface area contributed by atoms with Crippen LogP contribution in [0.4, 0.5) is 5.69 Å². The molecule has 0 heterocycles. The van der Waals surface area contributed by atoms with Crippen molar-refractivity contribution in [1.29, 1.82) is 0 Å². The van der Waals surface area contributed by atoms with Crippen LogP contribution in [-0.2, 0) is 14.3 Å². The zero-order valence-corrected chi connectivity index (χ0v) is 21.4. The van der Waals surface area contributed by atoms with E-state index >= 15 is 0 Å². The summed E-state index contributed by atoms with van der Waals surface area (Å²) < 4.78 is 4.72. The third-order valence-corrected chi connectivity index (χ3v) is 7.90. The number of esters is 1. The van der Waals surface area contributed by atoms with Gasteiger partial charge in [0, 0.05) is 29.2 Å².